The number of piperazine rings is 1. The number of rotatable bonds is 1. The van der Waals surface area contributed by atoms with E-state index in [9.17, 15) is 9.59 Å². The third-order valence-corrected chi connectivity index (χ3v) is 2.67. The van der Waals surface area contributed by atoms with Crippen LogP contribution in [-0.4, -0.2) is 17.4 Å². The molecule has 2 amide bonds. The van der Waals surface area contributed by atoms with E-state index in [0.29, 0.717) is 0 Å². The molecule has 0 radical (unpaired) electrons. The Morgan fingerprint density at radius 1 is 1.12 bits per heavy atom. The summed E-state index contributed by atoms with van der Waals surface area (Å²) in [7, 11) is 0. The minimum Gasteiger partial charge on any atom is -0.340 e. The van der Waals surface area contributed by atoms with Crippen molar-refractivity contribution in [2.45, 2.75) is 25.4 Å². The van der Waals surface area contributed by atoms with Crippen LogP contribution in [0.4, 0.5) is 0 Å². The van der Waals surface area contributed by atoms with Crippen molar-refractivity contribution in [2.75, 3.05) is 0 Å². The van der Waals surface area contributed by atoms with E-state index >= 15 is 0 Å². The molecule has 2 N–H and O–H groups in total. The standard InChI is InChI=1S/C12H14N2O2/c1-12(2)11(16)13-9(10(15)14-12)8-6-4-3-5-7-8/h3-7,9H,1-2H3,(H,13,16)(H,14,15)/t9-/m1/s1. The molecular formula is C12H14N2O2. The molecule has 0 spiro atoms. The molecule has 0 aliphatic carbocycles. The number of nitrogens with one attached hydrogen (secondary N) is 2. The quantitative estimate of drug-likeness (QED) is 0.731. The lowest BCUT2D eigenvalue weighted by molar-refractivity contribution is -0.140. The monoisotopic (exact) mass is 218 g/mol. The van der Waals surface area contributed by atoms with Gasteiger partial charge in [-0.05, 0) is 19.4 Å². The Morgan fingerprint density at radius 3 is 2.38 bits per heavy atom. The van der Waals surface area contributed by atoms with Crippen molar-refractivity contribution in [2.24, 2.45) is 0 Å². The zero-order chi connectivity index (χ0) is 11.8. The minimum absolute atomic E-state index is 0.166. The molecule has 4 nitrogen and oxygen atoms in total. The first kappa shape index (κ1) is 10.7. The number of carbonyl (C=O) groups is 2. The highest BCUT2D eigenvalue weighted by Gasteiger charge is 2.39. The Kier molecular flexibility index (Phi) is 2.42. The smallest absolute Gasteiger partial charge is 0.248 e. The minimum atomic E-state index is -0.831. The van der Waals surface area contributed by atoms with Gasteiger partial charge in [0.2, 0.25) is 11.8 Å². The van der Waals surface area contributed by atoms with Gasteiger partial charge in [-0.25, -0.2) is 0 Å². The maximum atomic E-state index is 11.8. The highest BCUT2D eigenvalue weighted by Crippen LogP contribution is 2.19. The molecule has 0 aromatic heterocycles. The van der Waals surface area contributed by atoms with E-state index in [1.54, 1.807) is 13.8 Å². The van der Waals surface area contributed by atoms with E-state index in [0.717, 1.165) is 5.56 Å². The van der Waals surface area contributed by atoms with E-state index in [4.69, 9.17) is 0 Å². The second-order valence-corrected chi connectivity index (χ2v) is 4.43. The maximum Gasteiger partial charge on any atom is 0.248 e. The second kappa shape index (κ2) is 3.63. The largest absolute Gasteiger partial charge is 0.340 e. The van der Waals surface area contributed by atoms with Gasteiger partial charge in [0.25, 0.3) is 0 Å². The molecule has 1 aromatic rings. The summed E-state index contributed by atoms with van der Waals surface area (Å²) in [5.41, 5.74) is -0.0358. The maximum absolute atomic E-state index is 11.8. The number of amides is 2. The molecule has 1 saturated heterocycles. The average Bonchev–Trinajstić information content (AvgIpc) is 2.24. The van der Waals surface area contributed by atoms with Crippen LogP contribution < -0.4 is 10.6 Å². The molecule has 0 saturated carbocycles. The summed E-state index contributed by atoms with van der Waals surface area (Å²) in [5, 5.41) is 5.42. The van der Waals surface area contributed by atoms with Crippen molar-refractivity contribution in [1.29, 1.82) is 0 Å². The molecule has 1 aliphatic heterocycles. The van der Waals surface area contributed by atoms with Gasteiger partial charge in [0, 0.05) is 0 Å². The lowest BCUT2D eigenvalue weighted by Crippen LogP contribution is -2.63. The Morgan fingerprint density at radius 2 is 1.75 bits per heavy atom. The number of benzene rings is 1. The molecule has 1 heterocycles. The van der Waals surface area contributed by atoms with Crippen LogP contribution in [0.1, 0.15) is 25.5 Å². The van der Waals surface area contributed by atoms with Gasteiger partial charge in [-0.1, -0.05) is 30.3 Å². The van der Waals surface area contributed by atoms with E-state index in [-0.39, 0.29) is 11.8 Å². The first-order valence-corrected chi connectivity index (χ1v) is 5.18. The summed E-state index contributed by atoms with van der Waals surface area (Å²) < 4.78 is 0. The normalized spacial score (nSPS) is 23.5. The van der Waals surface area contributed by atoms with Crippen molar-refractivity contribution in [3.8, 4) is 0 Å². The van der Waals surface area contributed by atoms with E-state index in [1.807, 2.05) is 30.3 Å². The van der Waals surface area contributed by atoms with Crippen molar-refractivity contribution in [3.63, 3.8) is 0 Å². The topological polar surface area (TPSA) is 58.2 Å². The zero-order valence-corrected chi connectivity index (χ0v) is 9.28. The highest BCUT2D eigenvalue weighted by atomic mass is 16.2. The van der Waals surface area contributed by atoms with Crippen LogP contribution in [0.25, 0.3) is 0 Å². The second-order valence-electron chi connectivity index (χ2n) is 4.43. The van der Waals surface area contributed by atoms with Crippen molar-refractivity contribution in [3.05, 3.63) is 35.9 Å². The Hall–Kier alpha value is -1.84. The average molecular weight is 218 g/mol. The summed E-state index contributed by atoms with van der Waals surface area (Å²) >= 11 is 0. The fourth-order valence-electron chi connectivity index (χ4n) is 1.69. The van der Waals surface area contributed by atoms with Gasteiger partial charge in [-0.15, -0.1) is 0 Å². The lowest BCUT2D eigenvalue weighted by Gasteiger charge is -2.34. The summed E-state index contributed by atoms with van der Waals surface area (Å²) in [6.45, 7) is 3.36. The SMILES string of the molecule is CC1(C)NC(=O)[C@@H](c2ccccc2)NC1=O. The molecule has 1 atom stereocenters. The fourth-order valence-corrected chi connectivity index (χ4v) is 1.69. The van der Waals surface area contributed by atoms with Gasteiger partial charge in [0.15, 0.2) is 0 Å². The third-order valence-electron chi connectivity index (χ3n) is 2.67. The van der Waals surface area contributed by atoms with Crippen LogP contribution in [0.5, 0.6) is 0 Å². The first-order chi connectivity index (χ1) is 7.50. The molecule has 16 heavy (non-hydrogen) atoms. The summed E-state index contributed by atoms with van der Waals surface area (Å²) in [6, 6.07) is 8.62. The fraction of sp³-hybridized carbons (Fsp3) is 0.333. The molecule has 1 aliphatic rings. The summed E-state index contributed by atoms with van der Waals surface area (Å²) in [6.07, 6.45) is 0. The molecule has 4 heteroatoms. The molecular weight excluding hydrogens is 204 g/mol. The van der Waals surface area contributed by atoms with Crippen LogP contribution in [0.2, 0.25) is 0 Å². The van der Waals surface area contributed by atoms with Gasteiger partial charge in [0.05, 0.1) is 0 Å². The third kappa shape index (κ3) is 1.78. The predicted molar refractivity (Wildman–Crippen MR) is 59.5 cm³/mol. The highest BCUT2D eigenvalue weighted by molar-refractivity contribution is 5.99. The summed E-state index contributed by atoms with van der Waals surface area (Å²) in [4.78, 5) is 23.5. The van der Waals surface area contributed by atoms with Crippen molar-refractivity contribution in [1.82, 2.24) is 10.6 Å². The predicted octanol–water partition coefficient (Wildman–Crippen LogP) is 0.752. The molecule has 1 fully saturated rings. The Balaban J connectivity index is 2.26. The van der Waals surface area contributed by atoms with Crippen molar-refractivity contribution >= 4 is 11.8 Å². The zero-order valence-electron chi connectivity index (χ0n) is 9.28. The van der Waals surface area contributed by atoms with Crippen LogP contribution in [0.3, 0.4) is 0 Å². The molecule has 84 valence electrons. The van der Waals surface area contributed by atoms with Crippen LogP contribution in [0.15, 0.2) is 30.3 Å². The van der Waals surface area contributed by atoms with E-state index in [1.165, 1.54) is 0 Å². The van der Waals surface area contributed by atoms with E-state index < -0.39 is 11.6 Å². The molecule has 1 aromatic carbocycles. The Bertz CT molecular complexity index is 426. The van der Waals surface area contributed by atoms with E-state index in [2.05, 4.69) is 10.6 Å². The number of hydrogen-bond acceptors (Lipinski definition) is 2. The first-order valence-electron chi connectivity index (χ1n) is 5.18. The molecule has 0 unspecified atom stereocenters. The lowest BCUT2D eigenvalue weighted by atomic mass is 9.96. The number of carbonyl (C=O) groups excluding carboxylic acids is 2. The molecule has 0 bridgehead atoms. The van der Waals surface area contributed by atoms with Crippen LogP contribution in [0, 0.1) is 0 Å². The van der Waals surface area contributed by atoms with Crippen molar-refractivity contribution < 1.29 is 9.59 Å². The summed E-state index contributed by atoms with van der Waals surface area (Å²) in [5.74, 6) is -0.336. The van der Waals surface area contributed by atoms with Gasteiger partial charge in [-0.2, -0.15) is 0 Å². The number of hydrogen-bond donors (Lipinski definition) is 2. The Labute approximate surface area is 94.0 Å². The van der Waals surface area contributed by atoms with Gasteiger partial charge < -0.3 is 10.6 Å². The van der Waals surface area contributed by atoms with Gasteiger partial charge in [0.1, 0.15) is 11.6 Å². The van der Waals surface area contributed by atoms with Crippen LogP contribution in [-0.2, 0) is 9.59 Å². The van der Waals surface area contributed by atoms with Gasteiger partial charge in [-0.3, -0.25) is 9.59 Å². The van der Waals surface area contributed by atoms with Gasteiger partial charge >= 0.3 is 0 Å². The molecule has 2 rings (SSSR count). The van der Waals surface area contributed by atoms with Crippen LogP contribution >= 0.6 is 0 Å².